The predicted molar refractivity (Wildman–Crippen MR) is 73.5 cm³/mol. The topological polar surface area (TPSA) is 60.8 Å². The molecule has 0 aromatic rings. The Bertz CT molecular complexity index is 325. The third kappa shape index (κ3) is 4.62. The van der Waals surface area contributed by atoms with Crippen molar-refractivity contribution in [3.8, 4) is 0 Å². The smallest absolute Gasteiger partial charge is 0.223 e. The highest BCUT2D eigenvalue weighted by atomic mass is 16.3. The van der Waals surface area contributed by atoms with Crippen LogP contribution in [0, 0.1) is 5.92 Å². The lowest BCUT2D eigenvalue weighted by Gasteiger charge is -2.33. The highest BCUT2D eigenvalue weighted by molar-refractivity contribution is 5.77. The summed E-state index contributed by atoms with van der Waals surface area (Å²) in [6.07, 6.45) is 10.3. The molecule has 1 amide bonds. The quantitative estimate of drug-likeness (QED) is 0.687. The zero-order chi connectivity index (χ0) is 13.7. The number of likely N-dealkylation sites (tertiary alicyclic amines) is 1. The Morgan fingerprint density at radius 3 is 2.84 bits per heavy atom. The van der Waals surface area contributed by atoms with E-state index in [0.717, 1.165) is 31.6 Å². The SMILES string of the molecule is O=C1CCC[C@H](C=CC(O)CCC2CC2)N1CCO. The van der Waals surface area contributed by atoms with Crippen molar-refractivity contribution in [2.75, 3.05) is 13.2 Å². The number of carbonyl (C=O) groups excluding carboxylic acids is 1. The van der Waals surface area contributed by atoms with Crippen LogP contribution in [0.3, 0.4) is 0 Å². The Balaban J connectivity index is 1.81. The zero-order valence-electron chi connectivity index (χ0n) is 11.5. The van der Waals surface area contributed by atoms with Crippen LogP contribution in [0.4, 0.5) is 0 Å². The van der Waals surface area contributed by atoms with Crippen molar-refractivity contribution in [1.29, 1.82) is 0 Å². The second-order valence-corrected chi connectivity index (χ2v) is 5.74. The Morgan fingerprint density at radius 2 is 2.16 bits per heavy atom. The molecule has 2 fully saturated rings. The van der Waals surface area contributed by atoms with Crippen LogP contribution in [0.5, 0.6) is 0 Å². The maximum absolute atomic E-state index is 11.8. The second kappa shape index (κ2) is 7.06. The number of hydrogen-bond donors (Lipinski definition) is 2. The van der Waals surface area contributed by atoms with E-state index in [4.69, 9.17) is 5.11 Å². The van der Waals surface area contributed by atoms with Gasteiger partial charge in [0.1, 0.15) is 0 Å². The summed E-state index contributed by atoms with van der Waals surface area (Å²) in [6, 6.07) is 0.0453. The number of aliphatic hydroxyl groups excluding tert-OH is 2. The van der Waals surface area contributed by atoms with E-state index >= 15 is 0 Å². The van der Waals surface area contributed by atoms with Crippen LogP contribution in [-0.4, -0.2) is 46.3 Å². The van der Waals surface area contributed by atoms with Crippen LogP contribution >= 0.6 is 0 Å². The minimum absolute atomic E-state index is 0.000311. The molecule has 1 saturated heterocycles. The molecule has 2 N–H and O–H groups in total. The van der Waals surface area contributed by atoms with E-state index in [9.17, 15) is 9.90 Å². The van der Waals surface area contributed by atoms with Gasteiger partial charge in [-0.1, -0.05) is 25.0 Å². The molecule has 1 saturated carbocycles. The molecule has 2 atom stereocenters. The average molecular weight is 267 g/mol. The summed E-state index contributed by atoms with van der Waals surface area (Å²) in [5.74, 6) is 0.951. The number of piperidine rings is 1. The fourth-order valence-corrected chi connectivity index (χ4v) is 2.71. The number of rotatable bonds is 7. The molecule has 0 aromatic carbocycles. The molecule has 0 radical (unpaired) electrons. The van der Waals surface area contributed by atoms with Gasteiger partial charge in [-0.05, 0) is 31.6 Å². The lowest BCUT2D eigenvalue weighted by Crippen LogP contribution is -2.44. The van der Waals surface area contributed by atoms with Gasteiger partial charge in [0.15, 0.2) is 0 Å². The molecule has 4 heteroatoms. The first-order valence-corrected chi connectivity index (χ1v) is 7.47. The summed E-state index contributed by atoms with van der Waals surface area (Å²) in [7, 11) is 0. The molecule has 2 rings (SSSR count). The van der Waals surface area contributed by atoms with E-state index in [1.165, 1.54) is 12.8 Å². The first-order chi connectivity index (χ1) is 9.20. The van der Waals surface area contributed by atoms with Crippen molar-refractivity contribution in [3.63, 3.8) is 0 Å². The highest BCUT2D eigenvalue weighted by Gasteiger charge is 2.26. The number of β-amino-alcohol motifs (C(OH)–C–C–N with tert-alkyl or cyclic N) is 1. The number of aliphatic hydroxyl groups is 2. The fraction of sp³-hybridized carbons (Fsp3) is 0.800. The predicted octanol–water partition coefficient (Wildman–Crippen LogP) is 1.47. The first-order valence-electron chi connectivity index (χ1n) is 7.47. The van der Waals surface area contributed by atoms with Crippen LogP contribution < -0.4 is 0 Å². The summed E-state index contributed by atoms with van der Waals surface area (Å²) >= 11 is 0. The van der Waals surface area contributed by atoms with Crippen molar-refractivity contribution in [2.24, 2.45) is 5.92 Å². The van der Waals surface area contributed by atoms with Crippen LogP contribution in [0.1, 0.15) is 44.9 Å². The number of nitrogens with zero attached hydrogens (tertiary/aromatic N) is 1. The van der Waals surface area contributed by atoms with Crippen molar-refractivity contribution in [1.82, 2.24) is 4.90 Å². The van der Waals surface area contributed by atoms with Crippen molar-refractivity contribution in [3.05, 3.63) is 12.2 Å². The van der Waals surface area contributed by atoms with E-state index in [0.29, 0.717) is 13.0 Å². The van der Waals surface area contributed by atoms with E-state index in [2.05, 4.69) is 0 Å². The maximum atomic E-state index is 11.8. The van der Waals surface area contributed by atoms with Crippen LogP contribution in [0.25, 0.3) is 0 Å². The van der Waals surface area contributed by atoms with E-state index < -0.39 is 6.10 Å². The average Bonchev–Trinajstić information content (AvgIpc) is 3.21. The van der Waals surface area contributed by atoms with Gasteiger partial charge in [0.05, 0.1) is 18.8 Å². The van der Waals surface area contributed by atoms with Gasteiger partial charge in [-0.2, -0.15) is 0 Å². The molecule has 0 aromatic heterocycles. The summed E-state index contributed by atoms with van der Waals surface area (Å²) in [4.78, 5) is 13.5. The highest BCUT2D eigenvalue weighted by Crippen LogP contribution is 2.34. The van der Waals surface area contributed by atoms with Crippen molar-refractivity contribution < 1.29 is 15.0 Å². The summed E-state index contributed by atoms with van der Waals surface area (Å²) in [6.45, 7) is 0.395. The Morgan fingerprint density at radius 1 is 1.37 bits per heavy atom. The third-order valence-electron chi connectivity index (χ3n) is 4.08. The Kier molecular flexibility index (Phi) is 5.40. The Labute approximate surface area is 115 Å². The number of amides is 1. The summed E-state index contributed by atoms with van der Waals surface area (Å²) in [5.41, 5.74) is 0. The van der Waals surface area contributed by atoms with E-state index in [-0.39, 0.29) is 18.6 Å². The molecular weight excluding hydrogens is 242 g/mol. The van der Waals surface area contributed by atoms with Gasteiger partial charge in [0, 0.05) is 13.0 Å². The molecule has 0 spiro atoms. The zero-order valence-corrected chi connectivity index (χ0v) is 11.5. The largest absolute Gasteiger partial charge is 0.395 e. The molecule has 1 unspecified atom stereocenters. The van der Waals surface area contributed by atoms with Gasteiger partial charge in [-0.15, -0.1) is 0 Å². The standard InChI is InChI=1S/C15H25NO3/c17-11-10-16-13(2-1-3-15(16)19)7-9-14(18)8-6-12-4-5-12/h7,9,12-14,17-18H,1-6,8,10-11H2/t13-,14?/m1/s1. The molecule has 1 heterocycles. The molecule has 1 aliphatic carbocycles. The summed E-state index contributed by atoms with van der Waals surface area (Å²) in [5, 5.41) is 18.9. The second-order valence-electron chi connectivity index (χ2n) is 5.74. The van der Waals surface area contributed by atoms with E-state index in [1.54, 1.807) is 4.90 Å². The van der Waals surface area contributed by atoms with Crippen molar-refractivity contribution >= 4 is 5.91 Å². The molecule has 108 valence electrons. The third-order valence-corrected chi connectivity index (χ3v) is 4.08. The minimum Gasteiger partial charge on any atom is -0.395 e. The fourth-order valence-electron chi connectivity index (χ4n) is 2.71. The van der Waals surface area contributed by atoms with Gasteiger partial charge >= 0.3 is 0 Å². The van der Waals surface area contributed by atoms with Gasteiger partial charge in [0.2, 0.25) is 5.91 Å². The van der Waals surface area contributed by atoms with Crippen LogP contribution in [0.15, 0.2) is 12.2 Å². The lowest BCUT2D eigenvalue weighted by atomic mass is 10.00. The molecule has 19 heavy (non-hydrogen) atoms. The lowest BCUT2D eigenvalue weighted by molar-refractivity contribution is -0.135. The molecular formula is C15H25NO3. The monoisotopic (exact) mass is 267 g/mol. The summed E-state index contributed by atoms with van der Waals surface area (Å²) < 4.78 is 0. The Hall–Kier alpha value is -0.870. The molecule has 0 bridgehead atoms. The van der Waals surface area contributed by atoms with Gasteiger partial charge < -0.3 is 15.1 Å². The number of hydrogen-bond acceptors (Lipinski definition) is 3. The van der Waals surface area contributed by atoms with E-state index in [1.807, 2.05) is 12.2 Å². The van der Waals surface area contributed by atoms with Gasteiger partial charge in [-0.3, -0.25) is 4.79 Å². The minimum atomic E-state index is -0.395. The molecule has 1 aliphatic heterocycles. The van der Waals surface area contributed by atoms with Crippen molar-refractivity contribution in [2.45, 2.75) is 57.1 Å². The number of carbonyl (C=O) groups is 1. The van der Waals surface area contributed by atoms with Crippen LogP contribution in [0.2, 0.25) is 0 Å². The van der Waals surface area contributed by atoms with Crippen LogP contribution in [-0.2, 0) is 4.79 Å². The first kappa shape index (κ1) is 14.5. The molecule has 2 aliphatic rings. The molecule has 4 nitrogen and oxygen atoms in total. The van der Waals surface area contributed by atoms with Gasteiger partial charge in [-0.25, -0.2) is 0 Å². The normalized spacial score (nSPS) is 26.1. The maximum Gasteiger partial charge on any atom is 0.223 e. The van der Waals surface area contributed by atoms with Gasteiger partial charge in [0.25, 0.3) is 0 Å².